The van der Waals surface area contributed by atoms with Gasteiger partial charge in [-0.2, -0.15) is 0 Å². The van der Waals surface area contributed by atoms with Crippen LogP contribution in [0, 0.1) is 12.7 Å². The van der Waals surface area contributed by atoms with E-state index in [0.29, 0.717) is 17.2 Å². The fourth-order valence-corrected chi connectivity index (χ4v) is 2.06. The van der Waals surface area contributed by atoms with Gasteiger partial charge in [-0.1, -0.05) is 0 Å². The van der Waals surface area contributed by atoms with E-state index < -0.39 is 0 Å². The molecule has 92 valence electrons. The third kappa shape index (κ3) is 2.18. The summed E-state index contributed by atoms with van der Waals surface area (Å²) in [5.74, 6) is 0.784. The fraction of sp³-hybridized carbons (Fsp3) is 0.286. The molecule has 0 radical (unpaired) electrons. The third-order valence-electron chi connectivity index (χ3n) is 3.06. The minimum absolute atomic E-state index is 0.177. The number of nitrogens with one attached hydrogen (secondary N) is 1. The van der Waals surface area contributed by atoms with Gasteiger partial charge < -0.3 is 4.98 Å². The monoisotopic (exact) mass is 244 g/mol. The van der Waals surface area contributed by atoms with E-state index in [1.807, 2.05) is 13.0 Å². The van der Waals surface area contributed by atoms with Gasteiger partial charge in [0.15, 0.2) is 0 Å². The summed E-state index contributed by atoms with van der Waals surface area (Å²) in [6.07, 6.45) is 2.13. The van der Waals surface area contributed by atoms with Crippen molar-refractivity contribution < 1.29 is 4.39 Å². The fourth-order valence-electron chi connectivity index (χ4n) is 2.06. The largest absolute Gasteiger partial charge is 0.310 e. The van der Waals surface area contributed by atoms with Crippen molar-refractivity contribution in [3.63, 3.8) is 0 Å². The van der Waals surface area contributed by atoms with Crippen LogP contribution in [0.3, 0.4) is 0 Å². The van der Waals surface area contributed by atoms with Gasteiger partial charge in [-0.25, -0.2) is 9.37 Å². The molecule has 1 aliphatic rings. The van der Waals surface area contributed by atoms with Gasteiger partial charge in [0.2, 0.25) is 0 Å². The molecule has 1 heterocycles. The lowest BCUT2D eigenvalue weighted by Crippen LogP contribution is -2.10. The van der Waals surface area contributed by atoms with Crippen molar-refractivity contribution in [1.29, 1.82) is 0 Å². The average molecular weight is 244 g/mol. The van der Waals surface area contributed by atoms with Crippen LogP contribution in [0.4, 0.5) is 4.39 Å². The summed E-state index contributed by atoms with van der Waals surface area (Å²) in [5.41, 5.74) is 1.84. The molecule has 3 rings (SSSR count). The Balaban J connectivity index is 2.12. The molecule has 1 saturated carbocycles. The second-order valence-electron chi connectivity index (χ2n) is 4.81. The van der Waals surface area contributed by atoms with Gasteiger partial charge in [-0.15, -0.1) is 0 Å². The molecule has 1 N–H and O–H groups in total. The van der Waals surface area contributed by atoms with E-state index in [1.54, 1.807) is 0 Å². The molecule has 0 bridgehead atoms. The van der Waals surface area contributed by atoms with Gasteiger partial charge in [0, 0.05) is 17.5 Å². The molecule has 4 heteroatoms. The molecule has 0 saturated heterocycles. The molecule has 0 atom stereocenters. The van der Waals surface area contributed by atoms with Crippen LogP contribution in [0.15, 0.2) is 29.1 Å². The predicted molar refractivity (Wildman–Crippen MR) is 67.0 cm³/mol. The lowest BCUT2D eigenvalue weighted by atomic mass is 10.1. The standard InChI is InChI=1S/C14H13FN2O/c1-8-4-10(6-11(15)5-8)12-7-13(18)17-14(16-12)9-2-3-9/h4-7,9H,2-3H2,1H3,(H,16,17,18). The summed E-state index contributed by atoms with van der Waals surface area (Å²) in [4.78, 5) is 18.8. The first-order valence-electron chi connectivity index (χ1n) is 6.00. The van der Waals surface area contributed by atoms with Crippen molar-refractivity contribution in [2.75, 3.05) is 0 Å². The third-order valence-corrected chi connectivity index (χ3v) is 3.06. The van der Waals surface area contributed by atoms with Crippen LogP contribution >= 0.6 is 0 Å². The van der Waals surface area contributed by atoms with E-state index in [1.165, 1.54) is 18.2 Å². The Morgan fingerprint density at radius 3 is 2.72 bits per heavy atom. The molecule has 0 spiro atoms. The molecule has 1 aromatic heterocycles. The molecule has 1 aliphatic carbocycles. The quantitative estimate of drug-likeness (QED) is 0.882. The van der Waals surface area contributed by atoms with Gasteiger partial charge in [-0.05, 0) is 43.5 Å². The van der Waals surface area contributed by atoms with E-state index >= 15 is 0 Å². The molecule has 18 heavy (non-hydrogen) atoms. The Hall–Kier alpha value is -1.97. The first-order valence-corrected chi connectivity index (χ1v) is 6.00. The van der Waals surface area contributed by atoms with Crippen LogP contribution < -0.4 is 5.56 Å². The van der Waals surface area contributed by atoms with Gasteiger partial charge in [0.1, 0.15) is 11.6 Å². The number of aromatic nitrogens is 2. The van der Waals surface area contributed by atoms with Gasteiger partial charge >= 0.3 is 0 Å². The number of aromatic amines is 1. The second-order valence-corrected chi connectivity index (χ2v) is 4.81. The van der Waals surface area contributed by atoms with Crippen molar-refractivity contribution in [2.45, 2.75) is 25.7 Å². The first-order chi connectivity index (χ1) is 8.61. The lowest BCUT2D eigenvalue weighted by Gasteiger charge is -2.05. The van der Waals surface area contributed by atoms with Crippen LogP contribution in [0.25, 0.3) is 11.3 Å². The maximum Gasteiger partial charge on any atom is 0.251 e. The van der Waals surface area contributed by atoms with Crippen LogP contribution in [-0.4, -0.2) is 9.97 Å². The Kier molecular flexibility index (Phi) is 2.51. The number of rotatable bonds is 2. The summed E-state index contributed by atoms with van der Waals surface area (Å²) >= 11 is 0. The highest BCUT2D eigenvalue weighted by atomic mass is 19.1. The zero-order valence-corrected chi connectivity index (χ0v) is 10.0. The van der Waals surface area contributed by atoms with Crippen molar-refractivity contribution in [3.8, 4) is 11.3 Å². The zero-order valence-electron chi connectivity index (χ0n) is 10.0. The van der Waals surface area contributed by atoms with Crippen molar-refractivity contribution in [2.24, 2.45) is 0 Å². The highest BCUT2D eigenvalue weighted by molar-refractivity contribution is 5.59. The summed E-state index contributed by atoms with van der Waals surface area (Å²) in [5, 5.41) is 0. The lowest BCUT2D eigenvalue weighted by molar-refractivity contribution is 0.627. The first kappa shape index (κ1) is 11.1. The number of hydrogen-bond acceptors (Lipinski definition) is 2. The van der Waals surface area contributed by atoms with Gasteiger partial charge in [0.25, 0.3) is 5.56 Å². The summed E-state index contributed by atoms with van der Waals surface area (Å²) in [7, 11) is 0. The number of H-pyrrole nitrogens is 1. The molecular formula is C14H13FN2O. The van der Waals surface area contributed by atoms with E-state index in [2.05, 4.69) is 9.97 Å². The minimum atomic E-state index is -0.306. The Bertz CT molecular complexity index is 639. The second kappa shape index (κ2) is 4.05. The Morgan fingerprint density at radius 2 is 2.06 bits per heavy atom. The summed E-state index contributed by atoms with van der Waals surface area (Å²) in [6.45, 7) is 1.82. The van der Waals surface area contributed by atoms with E-state index in [9.17, 15) is 9.18 Å². The van der Waals surface area contributed by atoms with Crippen LogP contribution in [0.5, 0.6) is 0 Å². The SMILES string of the molecule is Cc1cc(F)cc(-c2cc(=O)[nH]c(C3CC3)n2)c1. The molecule has 0 amide bonds. The van der Waals surface area contributed by atoms with Gasteiger partial charge in [0.05, 0.1) is 5.69 Å². The van der Waals surface area contributed by atoms with Crippen LogP contribution in [-0.2, 0) is 0 Å². The predicted octanol–water partition coefficient (Wildman–Crippen LogP) is 2.76. The van der Waals surface area contributed by atoms with E-state index in [-0.39, 0.29) is 11.4 Å². The molecular weight excluding hydrogens is 231 g/mol. The maximum atomic E-state index is 13.4. The van der Waals surface area contributed by atoms with Crippen molar-refractivity contribution in [1.82, 2.24) is 9.97 Å². The van der Waals surface area contributed by atoms with Crippen LogP contribution in [0.2, 0.25) is 0 Å². The van der Waals surface area contributed by atoms with E-state index in [4.69, 9.17) is 0 Å². The maximum absolute atomic E-state index is 13.4. The van der Waals surface area contributed by atoms with E-state index in [0.717, 1.165) is 24.2 Å². The number of benzene rings is 1. The molecule has 1 fully saturated rings. The number of nitrogens with zero attached hydrogens (tertiary/aromatic N) is 1. The molecule has 2 aromatic rings. The highest BCUT2D eigenvalue weighted by Gasteiger charge is 2.26. The van der Waals surface area contributed by atoms with Crippen molar-refractivity contribution >= 4 is 0 Å². The molecule has 3 nitrogen and oxygen atoms in total. The normalized spacial score (nSPS) is 14.8. The number of aryl methyl sites for hydroxylation is 1. The molecule has 0 aliphatic heterocycles. The van der Waals surface area contributed by atoms with Crippen LogP contribution in [0.1, 0.15) is 30.1 Å². The summed E-state index contributed by atoms with van der Waals surface area (Å²) < 4.78 is 13.4. The Morgan fingerprint density at radius 1 is 1.28 bits per heavy atom. The smallest absolute Gasteiger partial charge is 0.251 e. The number of hydrogen-bond donors (Lipinski definition) is 1. The Labute approximate surface area is 104 Å². The minimum Gasteiger partial charge on any atom is -0.310 e. The summed E-state index contributed by atoms with van der Waals surface area (Å²) in [6, 6.07) is 6.12. The number of halogens is 1. The molecule has 0 unspecified atom stereocenters. The average Bonchev–Trinajstić information content (AvgIpc) is 3.10. The highest BCUT2D eigenvalue weighted by Crippen LogP contribution is 2.38. The topological polar surface area (TPSA) is 45.8 Å². The zero-order chi connectivity index (χ0) is 12.7. The molecule has 1 aromatic carbocycles. The van der Waals surface area contributed by atoms with Crippen molar-refractivity contribution in [3.05, 3.63) is 51.8 Å². The van der Waals surface area contributed by atoms with Gasteiger partial charge in [-0.3, -0.25) is 4.79 Å².